The van der Waals surface area contributed by atoms with Gasteiger partial charge >= 0.3 is 0 Å². The highest BCUT2D eigenvalue weighted by atomic mass is 16.2. The molecule has 0 bridgehead atoms. The number of likely N-dealkylation sites (tertiary alicyclic amines) is 1. The van der Waals surface area contributed by atoms with Crippen molar-refractivity contribution in [3.05, 3.63) is 28.7 Å². The normalized spacial score (nSPS) is 21.9. The fraction of sp³-hybridized carbons (Fsp3) is 0.667. The molecule has 7 nitrogen and oxygen atoms in total. The van der Waals surface area contributed by atoms with Crippen LogP contribution in [0.1, 0.15) is 86.5 Å². The van der Waals surface area contributed by atoms with Crippen LogP contribution in [-0.2, 0) is 16.0 Å². The molecule has 3 heterocycles. The molecule has 7 heteroatoms. The maximum absolute atomic E-state index is 12.7. The lowest BCUT2D eigenvalue weighted by atomic mass is 10.1. The second-order valence-corrected chi connectivity index (χ2v) is 9.61. The quantitative estimate of drug-likeness (QED) is 0.772. The van der Waals surface area contributed by atoms with Gasteiger partial charge in [0.25, 0.3) is 0 Å². The van der Waals surface area contributed by atoms with Gasteiger partial charge in [-0.1, -0.05) is 12.8 Å². The Bertz CT molecular complexity index is 1000. The summed E-state index contributed by atoms with van der Waals surface area (Å²) in [6.45, 7) is 4.91. The lowest BCUT2D eigenvalue weighted by molar-refractivity contribution is -0.133. The van der Waals surface area contributed by atoms with Gasteiger partial charge in [-0.25, -0.2) is 9.50 Å². The fourth-order valence-electron chi connectivity index (χ4n) is 5.38. The number of hydrogen-bond donors (Lipinski definition) is 1. The molecule has 5 rings (SSSR count). The van der Waals surface area contributed by atoms with Crippen LogP contribution in [0.25, 0.3) is 5.65 Å². The predicted molar refractivity (Wildman–Crippen MR) is 118 cm³/mol. The molecule has 2 amide bonds. The Balaban J connectivity index is 1.34. The number of nitrogens with one attached hydrogen (secondary N) is 1. The number of fused-ring (bicyclic) bond motifs is 1. The summed E-state index contributed by atoms with van der Waals surface area (Å²) >= 11 is 0. The first-order chi connectivity index (χ1) is 15.0. The molecule has 2 aliphatic carbocycles. The van der Waals surface area contributed by atoms with Gasteiger partial charge in [0.15, 0.2) is 5.65 Å². The Morgan fingerprint density at radius 2 is 1.87 bits per heavy atom. The van der Waals surface area contributed by atoms with Crippen LogP contribution in [0.3, 0.4) is 0 Å². The number of aromatic nitrogens is 3. The Hall–Kier alpha value is -2.44. The van der Waals surface area contributed by atoms with Crippen molar-refractivity contribution in [2.45, 2.75) is 90.1 Å². The largest absolute Gasteiger partial charge is 0.353 e. The first kappa shape index (κ1) is 20.5. The maximum Gasteiger partial charge on any atom is 0.226 e. The number of rotatable bonds is 6. The van der Waals surface area contributed by atoms with Crippen molar-refractivity contribution >= 4 is 17.5 Å². The van der Waals surface area contributed by atoms with E-state index in [0.29, 0.717) is 24.8 Å². The van der Waals surface area contributed by atoms with Gasteiger partial charge < -0.3 is 10.2 Å². The topological polar surface area (TPSA) is 79.6 Å². The van der Waals surface area contributed by atoms with E-state index < -0.39 is 0 Å². The number of carbonyl (C=O) groups excluding carboxylic acids is 2. The van der Waals surface area contributed by atoms with Crippen molar-refractivity contribution in [3.8, 4) is 0 Å². The van der Waals surface area contributed by atoms with E-state index in [4.69, 9.17) is 10.1 Å². The van der Waals surface area contributed by atoms with Crippen LogP contribution >= 0.6 is 0 Å². The molecule has 31 heavy (non-hydrogen) atoms. The lowest BCUT2D eigenvalue weighted by Gasteiger charge is -2.23. The molecular formula is C24H33N5O2. The van der Waals surface area contributed by atoms with E-state index in [1.54, 1.807) is 0 Å². The summed E-state index contributed by atoms with van der Waals surface area (Å²) in [6.07, 6.45) is 9.86. The minimum Gasteiger partial charge on any atom is -0.353 e. The van der Waals surface area contributed by atoms with Crippen molar-refractivity contribution in [2.75, 3.05) is 6.54 Å². The van der Waals surface area contributed by atoms with Crippen molar-refractivity contribution < 1.29 is 9.59 Å². The van der Waals surface area contributed by atoms with Crippen LogP contribution in [0.5, 0.6) is 0 Å². The lowest BCUT2D eigenvalue weighted by Crippen LogP contribution is -2.32. The van der Waals surface area contributed by atoms with Gasteiger partial charge in [-0.05, 0) is 64.4 Å². The van der Waals surface area contributed by atoms with Gasteiger partial charge in [0.2, 0.25) is 11.8 Å². The van der Waals surface area contributed by atoms with Crippen molar-refractivity contribution in [1.82, 2.24) is 24.8 Å². The molecular weight excluding hydrogens is 390 g/mol. The van der Waals surface area contributed by atoms with E-state index in [-0.39, 0.29) is 17.9 Å². The number of aryl methyl sites for hydroxylation is 2. The zero-order valence-corrected chi connectivity index (χ0v) is 18.7. The minimum absolute atomic E-state index is 0.0649. The molecule has 0 aromatic carbocycles. The average Bonchev–Trinajstić information content (AvgIpc) is 3.12. The minimum atomic E-state index is 0.0649. The van der Waals surface area contributed by atoms with Crippen LogP contribution in [0.15, 0.2) is 6.07 Å². The van der Waals surface area contributed by atoms with Crippen LogP contribution in [-0.4, -0.2) is 43.9 Å². The molecule has 0 spiro atoms. The van der Waals surface area contributed by atoms with Crippen LogP contribution in [0.4, 0.5) is 0 Å². The van der Waals surface area contributed by atoms with Gasteiger partial charge in [-0.15, -0.1) is 0 Å². The molecule has 3 fully saturated rings. The van der Waals surface area contributed by atoms with Gasteiger partial charge in [0.05, 0.1) is 11.7 Å². The maximum atomic E-state index is 12.7. The van der Waals surface area contributed by atoms with E-state index in [0.717, 1.165) is 73.4 Å². The molecule has 1 aliphatic heterocycles. The van der Waals surface area contributed by atoms with Gasteiger partial charge in [0.1, 0.15) is 0 Å². The summed E-state index contributed by atoms with van der Waals surface area (Å²) in [5.41, 5.74) is 4.87. The molecule has 3 aliphatic rings. The highest BCUT2D eigenvalue weighted by Gasteiger charge is 2.39. The predicted octanol–water partition coefficient (Wildman–Crippen LogP) is 3.41. The van der Waals surface area contributed by atoms with E-state index in [1.807, 2.05) is 22.4 Å². The summed E-state index contributed by atoms with van der Waals surface area (Å²) in [5.74, 6) is 0.670. The Morgan fingerprint density at radius 3 is 2.61 bits per heavy atom. The summed E-state index contributed by atoms with van der Waals surface area (Å²) in [7, 11) is 0. The van der Waals surface area contributed by atoms with Crippen LogP contribution in [0.2, 0.25) is 0 Å². The molecule has 166 valence electrons. The SMILES string of the molecule is Cc1nc2cc([C@@H]3CCCN3C(=O)C3CC3)nn2c(C)c1CCC(=O)NC1CCCC1. The second-order valence-electron chi connectivity index (χ2n) is 9.61. The highest BCUT2D eigenvalue weighted by Crippen LogP contribution is 2.38. The summed E-state index contributed by atoms with van der Waals surface area (Å²) in [6, 6.07) is 2.46. The van der Waals surface area contributed by atoms with Gasteiger partial charge in [-0.3, -0.25) is 9.59 Å². The first-order valence-corrected chi connectivity index (χ1v) is 12.0. The number of nitrogens with zero attached hydrogens (tertiary/aromatic N) is 4. The zero-order chi connectivity index (χ0) is 21.5. The number of carbonyl (C=O) groups is 2. The third-order valence-corrected chi connectivity index (χ3v) is 7.31. The molecule has 1 N–H and O–H groups in total. The molecule has 2 aromatic heterocycles. The average molecular weight is 424 g/mol. The standard InChI is InChI=1S/C24H33N5O2/c1-15-19(11-12-23(30)26-18-6-3-4-7-18)16(2)29-22(25-15)14-20(27-29)21-8-5-13-28(21)24(31)17-9-10-17/h14,17-18,21H,3-13H2,1-2H3,(H,26,30)/t21-/m0/s1. The Labute approximate surface area is 183 Å². The van der Waals surface area contributed by atoms with Crippen molar-refractivity contribution in [2.24, 2.45) is 5.92 Å². The van der Waals surface area contributed by atoms with E-state index >= 15 is 0 Å². The molecule has 0 radical (unpaired) electrons. The summed E-state index contributed by atoms with van der Waals surface area (Å²) in [4.78, 5) is 31.9. The second kappa shape index (κ2) is 8.24. The zero-order valence-electron chi connectivity index (χ0n) is 18.7. The van der Waals surface area contributed by atoms with Gasteiger partial charge in [0, 0.05) is 42.4 Å². The first-order valence-electron chi connectivity index (χ1n) is 12.0. The highest BCUT2D eigenvalue weighted by molar-refractivity contribution is 5.81. The number of amides is 2. The third kappa shape index (κ3) is 4.06. The molecule has 1 atom stereocenters. The van der Waals surface area contributed by atoms with Crippen molar-refractivity contribution in [3.63, 3.8) is 0 Å². The molecule has 2 saturated carbocycles. The monoisotopic (exact) mass is 423 g/mol. The van der Waals surface area contributed by atoms with E-state index in [9.17, 15) is 9.59 Å². The molecule has 2 aromatic rings. The smallest absolute Gasteiger partial charge is 0.226 e. The van der Waals surface area contributed by atoms with Gasteiger partial charge in [-0.2, -0.15) is 5.10 Å². The fourth-order valence-corrected chi connectivity index (χ4v) is 5.38. The third-order valence-electron chi connectivity index (χ3n) is 7.31. The summed E-state index contributed by atoms with van der Waals surface area (Å²) < 4.78 is 1.91. The van der Waals surface area contributed by atoms with Crippen LogP contribution in [0, 0.1) is 19.8 Å². The molecule has 1 saturated heterocycles. The Morgan fingerprint density at radius 1 is 1.10 bits per heavy atom. The van der Waals surface area contributed by atoms with Crippen molar-refractivity contribution in [1.29, 1.82) is 0 Å². The van der Waals surface area contributed by atoms with E-state index in [1.165, 1.54) is 12.8 Å². The Kier molecular flexibility index (Phi) is 5.44. The van der Waals surface area contributed by atoms with Crippen LogP contribution < -0.4 is 5.32 Å². The molecule has 0 unspecified atom stereocenters. The summed E-state index contributed by atoms with van der Waals surface area (Å²) in [5, 5.41) is 8.06. The van der Waals surface area contributed by atoms with E-state index in [2.05, 4.69) is 12.2 Å². The number of hydrogen-bond acceptors (Lipinski definition) is 4.